The molecule has 1 aromatic carbocycles. The van der Waals surface area contributed by atoms with Crippen molar-refractivity contribution in [3.05, 3.63) is 35.9 Å². The summed E-state index contributed by atoms with van der Waals surface area (Å²) in [6.45, 7) is 7.29. The van der Waals surface area contributed by atoms with Crippen LogP contribution in [0, 0.1) is 0 Å². The minimum absolute atomic E-state index is 0.117. The maximum Gasteiger partial charge on any atom is 0.219 e. The highest BCUT2D eigenvalue weighted by Crippen LogP contribution is 2.40. The first kappa shape index (κ1) is 15.4. The van der Waals surface area contributed by atoms with Crippen LogP contribution in [0.4, 0.5) is 5.69 Å². The molecule has 1 aliphatic rings. The lowest BCUT2D eigenvalue weighted by molar-refractivity contribution is -0.121. The van der Waals surface area contributed by atoms with E-state index >= 15 is 0 Å². The summed E-state index contributed by atoms with van der Waals surface area (Å²) in [5.74, 6) is 0.771. The third kappa shape index (κ3) is 3.57. The third-order valence-electron chi connectivity index (χ3n) is 3.92. The number of phenolic OH excluding ortho intramolecular Hbond substituents is 1. The van der Waals surface area contributed by atoms with Crippen molar-refractivity contribution in [1.82, 2.24) is 5.32 Å². The Labute approximate surface area is 126 Å². The van der Waals surface area contributed by atoms with Crippen molar-refractivity contribution < 1.29 is 9.90 Å². The lowest BCUT2D eigenvalue weighted by atomic mass is 9.91. The van der Waals surface area contributed by atoms with Gasteiger partial charge < -0.3 is 15.7 Å². The fourth-order valence-corrected chi connectivity index (χ4v) is 2.92. The molecule has 1 unspecified atom stereocenters. The highest BCUT2D eigenvalue weighted by atomic mass is 16.3. The summed E-state index contributed by atoms with van der Waals surface area (Å²) in [4.78, 5) is 11.5. The SMILES string of the molecule is C=CCc1c(O)ccc2c1C(CCNC(=O)CCC)CN2. The van der Waals surface area contributed by atoms with Gasteiger partial charge in [-0.1, -0.05) is 13.0 Å². The number of allylic oxidation sites excluding steroid dienone is 1. The average molecular weight is 288 g/mol. The molecule has 3 N–H and O–H groups in total. The Kier molecular flexibility index (Phi) is 5.26. The number of amides is 1. The van der Waals surface area contributed by atoms with E-state index in [2.05, 4.69) is 17.2 Å². The number of aromatic hydroxyl groups is 1. The zero-order chi connectivity index (χ0) is 15.2. The second-order valence-corrected chi connectivity index (χ2v) is 5.48. The molecule has 2 rings (SSSR count). The first-order chi connectivity index (χ1) is 10.2. The van der Waals surface area contributed by atoms with Crippen LogP contribution in [0.3, 0.4) is 0 Å². The number of rotatable bonds is 7. The molecule has 0 spiro atoms. The number of nitrogens with one attached hydrogen (secondary N) is 2. The summed E-state index contributed by atoms with van der Waals surface area (Å²) < 4.78 is 0. The quantitative estimate of drug-likeness (QED) is 0.534. The number of anilines is 1. The molecule has 114 valence electrons. The molecular formula is C17H24N2O2. The van der Waals surface area contributed by atoms with Gasteiger partial charge in [0.1, 0.15) is 5.75 Å². The van der Waals surface area contributed by atoms with Gasteiger partial charge in [-0.2, -0.15) is 0 Å². The van der Waals surface area contributed by atoms with Gasteiger partial charge in [0.25, 0.3) is 0 Å². The van der Waals surface area contributed by atoms with E-state index in [9.17, 15) is 9.90 Å². The normalized spacial score (nSPS) is 16.1. The number of hydrogen-bond donors (Lipinski definition) is 3. The molecule has 0 aliphatic carbocycles. The molecule has 21 heavy (non-hydrogen) atoms. The van der Waals surface area contributed by atoms with Crippen LogP contribution in [0.2, 0.25) is 0 Å². The molecule has 1 aromatic rings. The van der Waals surface area contributed by atoms with Gasteiger partial charge in [-0.25, -0.2) is 0 Å². The van der Waals surface area contributed by atoms with E-state index in [1.54, 1.807) is 6.07 Å². The summed E-state index contributed by atoms with van der Waals surface area (Å²) in [6, 6.07) is 3.66. The summed E-state index contributed by atoms with van der Waals surface area (Å²) in [5, 5.41) is 16.4. The molecule has 0 saturated heterocycles. The first-order valence-corrected chi connectivity index (χ1v) is 7.63. The van der Waals surface area contributed by atoms with E-state index < -0.39 is 0 Å². The Balaban J connectivity index is 2.05. The van der Waals surface area contributed by atoms with Crippen LogP contribution in [-0.4, -0.2) is 24.1 Å². The largest absolute Gasteiger partial charge is 0.508 e. The van der Waals surface area contributed by atoms with Crippen molar-refractivity contribution in [1.29, 1.82) is 0 Å². The number of hydrogen-bond acceptors (Lipinski definition) is 3. The van der Waals surface area contributed by atoms with Crippen molar-refractivity contribution in [2.45, 2.75) is 38.5 Å². The van der Waals surface area contributed by atoms with Crippen LogP contribution in [0.15, 0.2) is 24.8 Å². The summed E-state index contributed by atoms with van der Waals surface area (Å²) >= 11 is 0. The molecule has 0 radical (unpaired) electrons. The fourth-order valence-electron chi connectivity index (χ4n) is 2.92. The lowest BCUT2D eigenvalue weighted by Crippen LogP contribution is -2.25. The molecule has 1 atom stereocenters. The van der Waals surface area contributed by atoms with Gasteiger partial charge in [-0.3, -0.25) is 4.79 Å². The molecular weight excluding hydrogens is 264 g/mol. The summed E-state index contributed by atoms with van der Waals surface area (Å²) in [6.07, 6.45) is 4.81. The fraction of sp³-hybridized carbons (Fsp3) is 0.471. The maximum atomic E-state index is 11.5. The number of phenols is 1. The van der Waals surface area contributed by atoms with Crippen molar-refractivity contribution in [3.8, 4) is 5.75 Å². The van der Waals surface area contributed by atoms with Crippen molar-refractivity contribution in [2.24, 2.45) is 0 Å². The zero-order valence-electron chi connectivity index (χ0n) is 12.6. The van der Waals surface area contributed by atoms with Gasteiger partial charge in [0.15, 0.2) is 0 Å². The zero-order valence-corrected chi connectivity index (χ0v) is 12.6. The second kappa shape index (κ2) is 7.16. The van der Waals surface area contributed by atoms with Gasteiger partial charge in [0.2, 0.25) is 5.91 Å². The lowest BCUT2D eigenvalue weighted by Gasteiger charge is -2.15. The maximum absolute atomic E-state index is 11.5. The number of fused-ring (bicyclic) bond motifs is 1. The van der Waals surface area contributed by atoms with Crippen LogP contribution in [0.25, 0.3) is 0 Å². The average Bonchev–Trinajstić information content (AvgIpc) is 2.86. The van der Waals surface area contributed by atoms with Gasteiger partial charge in [0, 0.05) is 36.7 Å². The minimum atomic E-state index is 0.117. The standard InChI is InChI=1S/C17H24N2O2/c1-3-5-13-15(20)8-7-14-17(13)12(11-19-14)9-10-18-16(21)6-4-2/h3,7-8,12,19-20H,1,4-6,9-11H2,2H3,(H,18,21). The van der Waals surface area contributed by atoms with Gasteiger partial charge in [0.05, 0.1) is 0 Å². The van der Waals surface area contributed by atoms with E-state index in [1.165, 1.54) is 5.56 Å². The predicted octanol–water partition coefficient (Wildman–Crippen LogP) is 2.94. The van der Waals surface area contributed by atoms with E-state index in [-0.39, 0.29) is 5.91 Å². The number of carbonyl (C=O) groups is 1. The van der Waals surface area contributed by atoms with E-state index in [1.807, 2.05) is 19.1 Å². The minimum Gasteiger partial charge on any atom is -0.508 e. The molecule has 0 saturated carbocycles. The molecule has 1 heterocycles. The topological polar surface area (TPSA) is 61.4 Å². The van der Waals surface area contributed by atoms with Crippen LogP contribution in [0.1, 0.15) is 43.2 Å². The molecule has 0 aromatic heterocycles. The first-order valence-electron chi connectivity index (χ1n) is 7.63. The third-order valence-corrected chi connectivity index (χ3v) is 3.92. The van der Waals surface area contributed by atoms with Gasteiger partial charge >= 0.3 is 0 Å². The Morgan fingerprint density at radius 3 is 3.10 bits per heavy atom. The predicted molar refractivity (Wildman–Crippen MR) is 85.8 cm³/mol. The van der Waals surface area contributed by atoms with E-state index in [4.69, 9.17) is 0 Å². The van der Waals surface area contributed by atoms with Crippen molar-refractivity contribution >= 4 is 11.6 Å². The smallest absolute Gasteiger partial charge is 0.219 e. The molecule has 4 heteroatoms. The van der Waals surface area contributed by atoms with Crippen LogP contribution < -0.4 is 10.6 Å². The van der Waals surface area contributed by atoms with E-state index in [0.717, 1.165) is 30.6 Å². The molecule has 0 bridgehead atoms. The van der Waals surface area contributed by atoms with Crippen LogP contribution in [0.5, 0.6) is 5.75 Å². The Bertz CT molecular complexity index is 526. The second-order valence-electron chi connectivity index (χ2n) is 5.48. The molecule has 0 fully saturated rings. The highest BCUT2D eigenvalue weighted by Gasteiger charge is 2.26. The monoisotopic (exact) mass is 288 g/mol. The molecule has 1 aliphatic heterocycles. The van der Waals surface area contributed by atoms with E-state index in [0.29, 0.717) is 31.1 Å². The summed E-state index contributed by atoms with van der Waals surface area (Å²) in [7, 11) is 0. The van der Waals surface area contributed by atoms with Crippen LogP contribution in [-0.2, 0) is 11.2 Å². The van der Waals surface area contributed by atoms with Crippen molar-refractivity contribution in [2.75, 3.05) is 18.4 Å². The van der Waals surface area contributed by atoms with Crippen LogP contribution >= 0.6 is 0 Å². The van der Waals surface area contributed by atoms with Crippen molar-refractivity contribution in [3.63, 3.8) is 0 Å². The van der Waals surface area contributed by atoms with Gasteiger partial charge in [-0.15, -0.1) is 6.58 Å². The molecule has 1 amide bonds. The highest BCUT2D eigenvalue weighted by molar-refractivity contribution is 5.75. The van der Waals surface area contributed by atoms with Gasteiger partial charge in [-0.05, 0) is 37.0 Å². The number of benzene rings is 1. The Hall–Kier alpha value is -1.97. The Morgan fingerprint density at radius 1 is 1.57 bits per heavy atom. The molecule has 4 nitrogen and oxygen atoms in total. The Morgan fingerprint density at radius 2 is 2.38 bits per heavy atom. The summed E-state index contributed by atoms with van der Waals surface area (Å²) in [5.41, 5.74) is 3.23. The number of carbonyl (C=O) groups excluding carboxylic acids is 1.